The number of aromatic nitrogens is 1. The highest BCUT2D eigenvalue weighted by Crippen LogP contribution is 2.31. The fraction of sp³-hybridized carbons (Fsp3) is 0.174. The molecule has 1 unspecified atom stereocenters. The van der Waals surface area contributed by atoms with E-state index in [0.717, 1.165) is 10.0 Å². The van der Waals surface area contributed by atoms with Gasteiger partial charge in [-0.25, -0.2) is 9.79 Å². The number of rotatable bonds is 4. The molecule has 1 aromatic heterocycles. The van der Waals surface area contributed by atoms with E-state index < -0.39 is 12.0 Å². The van der Waals surface area contributed by atoms with Crippen molar-refractivity contribution in [1.29, 1.82) is 0 Å². The van der Waals surface area contributed by atoms with E-state index in [-0.39, 0.29) is 17.9 Å². The summed E-state index contributed by atoms with van der Waals surface area (Å²) in [6.07, 6.45) is 1.58. The molecule has 164 valence electrons. The molecule has 0 spiro atoms. The van der Waals surface area contributed by atoms with Crippen molar-refractivity contribution in [2.45, 2.75) is 19.9 Å². The van der Waals surface area contributed by atoms with Crippen LogP contribution in [0.15, 0.2) is 68.0 Å². The molecule has 32 heavy (non-hydrogen) atoms. The van der Waals surface area contributed by atoms with Crippen molar-refractivity contribution in [1.82, 2.24) is 4.57 Å². The van der Waals surface area contributed by atoms with Crippen LogP contribution in [0.1, 0.15) is 31.0 Å². The standard InChI is InChI=1S/C23H18BrClN2O4S/c1-3-31-22(30)19-12(2)26-23-27(20(19)13-4-6-15(24)7-5-13)21(29)18(32-23)11-14-10-16(25)8-9-17(14)28/h4-11,20,28H,3H2,1-2H3/b18-11+. The second-order valence-electron chi connectivity index (χ2n) is 7.06. The molecule has 0 fully saturated rings. The summed E-state index contributed by atoms with van der Waals surface area (Å²) in [7, 11) is 0. The Kier molecular flexibility index (Phi) is 6.37. The lowest BCUT2D eigenvalue weighted by atomic mass is 9.96. The molecule has 1 N–H and O–H groups in total. The number of thiazole rings is 1. The van der Waals surface area contributed by atoms with E-state index in [0.29, 0.717) is 31.2 Å². The minimum Gasteiger partial charge on any atom is -0.507 e. The van der Waals surface area contributed by atoms with E-state index in [9.17, 15) is 14.7 Å². The maximum Gasteiger partial charge on any atom is 0.338 e. The average molecular weight is 534 g/mol. The van der Waals surface area contributed by atoms with Gasteiger partial charge in [-0.2, -0.15) is 0 Å². The van der Waals surface area contributed by atoms with E-state index >= 15 is 0 Å². The van der Waals surface area contributed by atoms with Crippen LogP contribution in [0.2, 0.25) is 5.02 Å². The van der Waals surface area contributed by atoms with E-state index in [1.165, 1.54) is 22.0 Å². The van der Waals surface area contributed by atoms with Gasteiger partial charge in [0.2, 0.25) is 0 Å². The monoisotopic (exact) mass is 532 g/mol. The number of allylic oxidation sites excluding steroid dienone is 1. The molecule has 2 heterocycles. The first-order valence-corrected chi connectivity index (χ1v) is 11.7. The molecule has 0 bridgehead atoms. The van der Waals surface area contributed by atoms with Gasteiger partial charge in [0.1, 0.15) is 5.75 Å². The number of carbonyl (C=O) groups is 1. The van der Waals surface area contributed by atoms with E-state index in [2.05, 4.69) is 20.9 Å². The summed E-state index contributed by atoms with van der Waals surface area (Å²) in [6.45, 7) is 3.67. The van der Waals surface area contributed by atoms with Gasteiger partial charge in [0.25, 0.3) is 5.56 Å². The van der Waals surface area contributed by atoms with Gasteiger partial charge in [-0.15, -0.1) is 0 Å². The summed E-state index contributed by atoms with van der Waals surface area (Å²) in [5.74, 6) is -0.503. The van der Waals surface area contributed by atoms with Gasteiger partial charge in [-0.3, -0.25) is 9.36 Å². The first-order chi connectivity index (χ1) is 15.3. The Morgan fingerprint density at radius 3 is 2.72 bits per heavy atom. The van der Waals surface area contributed by atoms with E-state index in [1.807, 2.05) is 24.3 Å². The number of phenolic OH excluding ortho intramolecular Hbond substituents is 1. The lowest BCUT2D eigenvalue weighted by Gasteiger charge is -2.24. The second-order valence-corrected chi connectivity index (χ2v) is 9.42. The predicted molar refractivity (Wildman–Crippen MR) is 128 cm³/mol. The van der Waals surface area contributed by atoms with Crippen molar-refractivity contribution in [2.24, 2.45) is 4.99 Å². The highest BCUT2D eigenvalue weighted by Gasteiger charge is 2.33. The fourth-order valence-corrected chi connectivity index (χ4v) is 5.02. The normalized spacial score (nSPS) is 16.0. The Hall–Kier alpha value is -2.68. The quantitative estimate of drug-likeness (QED) is 0.516. The van der Waals surface area contributed by atoms with Crippen LogP contribution in [0.25, 0.3) is 6.08 Å². The van der Waals surface area contributed by atoms with Crippen molar-refractivity contribution in [3.63, 3.8) is 0 Å². The van der Waals surface area contributed by atoms with E-state index in [1.54, 1.807) is 32.1 Å². The third kappa shape index (κ3) is 4.18. The van der Waals surface area contributed by atoms with Crippen molar-refractivity contribution in [3.8, 4) is 5.75 Å². The lowest BCUT2D eigenvalue weighted by Crippen LogP contribution is -2.39. The zero-order chi connectivity index (χ0) is 23.0. The molecule has 0 amide bonds. The zero-order valence-corrected chi connectivity index (χ0v) is 20.3. The summed E-state index contributed by atoms with van der Waals surface area (Å²) >= 11 is 10.7. The van der Waals surface area contributed by atoms with Crippen LogP contribution < -0.4 is 14.9 Å². The molecular formula is C23H18BrClN2O4S. The third-order valence-electron chi connectivity index (χ3n) is 4.98. The number of phenols is 1. The second kappa shape index (κ2) is 9.05. The number of aromatic hydroxyl groups is 1. The molecule has 3 aromatic rings. The third-order valence-corrected chi connectivity index (χ3v) is 6.73. The summed E-state index contributed by atoms with van der Waals surface area (Å²) in [5.41, 5.74) is 1.66. The van der Waals surface area contributed by atoms with Crippen LogP contribution in [0.5, 0.6) is 5.75 Å². The van der Waals surface area contributed by atoms with Crippen LogP contribution in [0.4, 0.5) is 0 Å². The molecule has 1 aliphatic rings. The highest BCUT2D eigenvalue weighted by atomic mass is 79.9. The molecule has 0 saturated heterocycles. The van der Waals surface area contributed by atoms with Crippen LogP contribution >= 0.6 is 38.9 Å². The molecule has 0 aliphatic carbocycles. The molecule has 9 heteroatoms. The van der Waals surface area contributed by atoms with Gasteiger partial charge < -0.3 is 9.84 Å². The molecule has 1 atom stereocenters. The number of fused-ring (bicyclic) bond motifs is 1. The summed E-state index contributed by atoms with van der Waals surface area (Å²) in [6, 6.07) is 11.3. The topological polar surface area (TPSA) is 80.9 Å². The van der Waals surface area contributed by atoms with Crippen LogP contribution in [0, 0.1) is 0 Å². The Balaban J connectivity index is 1.97. The predicted octanol–water partition coefficient (Wildman–Crippen LogP) is 3.92. The van der Waals surface area contributed by atoms with Crippen LogP contribution in [0.3, 0.4) is 0 Å². The summed E-state index contributed by atoms with van der Waals surface area (Å²) in [4.78, 5) is 31.3. The van der Waals surface area contributed by atoms with Gasteiger partial charge in [0.15, 0.2) is 4.80 Å². The number of ether oxygens (including phenoxy) is 1. The number of benzene rings is 2. The van der Waals surface area contributed by atoms with Crippen LogP contribution in [-0.4, -0.2) is 22.2 Å². The van der Waals surface area contributed by atoms with Crippen LogP contribution in [-0.2, 0) is 9.53 Å². The first-order valence-electron chi connectivity index (χ1n) is 9.73. The first kappa shape index (κ1) is 22.5. The zero-order valence-electron chi connectivity index (χ0n) is 17.1. The summed E-state index contributed by atoms with van der Waals surface area (Å²) < 4.78 is 8.02. The SMILES string of the molecule is CCOC(=O)C1=C(C)N=c2s/c(=C/c3cc(Cl)ccc3O)c(=O)n2C1c1ccc(Br)cc1. The number of halogens is 2. The van der Waals surface area contributed by atoms with Gasteiger partial charge in [-0.1, -0.05) is 51.0 Å². The Bertz CT molecular complexity index is 1420. The maximum absolute atomic E-state index is 13.5. The van der Waals surface area contributed by atoms with Crippen molar-refractivity contribution in [3.05, 3.63) is 94.0 Å². The Morgan fingerprint density at radius 1 is 1.31 bits per heavy atom. The molecule has 4 rings (SSSR count). The minimum absolute atomic E-state index is 0.00749. The number of esters is 1. The smallest absolute Gasteiger partial charge is 0.338 e. The number of hydrogen-bond acceptors (Lipinski definition) is 6. The molecule has 1 aliphatic heterocycles. The molecule has 0 radical (unpaired) electrons. The van der Waals surface area contributed by atoms with E-state index in [4.69, 9.17) is 16.3 Å². The summed E-state index contributed by atoms with van der Waals surface area (Å²) in [5, 5.41) is 10.6. The minimum atomic E-state index is -0.687. The van der Waals surface area contributed by atoms with Crippen molar-refractivity contribution >= 4 is 50.9 Å². The highest BCUT2D eigenvalue weighted by molar-refractivity contribution is 9.10. The largest absolute Gasteiger partial charge is 0.507 e. The van der Waals surface area contributed by atoms with Gasteiger partial charge in [0, 0.05) is 15.1 Å². The Morgan fingerprint density at radius 2 is 2.03 bits per heavy atom. The Labute approximate surface area is 200 Å². The van der Waals surface area contributed by atoms with Crippen molar-refractivity contribution in [2.75, 3.05) is 6.61 Å². The average Bonchev–Trinajstić information content (AvgIpc) is 3.05. The molecule has 6 nitrogen and oxygen atoms in total. The molecule has 0 saturated carbocycles. The number of hydrogen-bond donors (Lipinski definition) is 1. The van der Waals surface area contributed by atoms with Crippen molar-refractivity contribution < 1.29 is 14.6 Å². The maximum atomic E-state index is 13.5. The molecule has 2 aromatic carbocycles. The van der Waals surface area contributed by atoms with Gasteiger partial charge in [-0.05, 0) is 55.8 Å². The van der Waals surface area contributed by atoms with Gasteiger partial charge in [0.05, 0.1) is 28.5 Å². The number of nitrogens with zero attached hydrogens (tertiary/aromatic N) is 2. The lowest BCUT2D eigenvalue weighted by molar-refractivity contribution is -0.139. The van der Waals surface area contributed by atoms with Gasteiger partial charge >= 0.3 is 5.97 Å². The number of carbonyl (C=O) groups excluding carboxylic acids is 1. The molecular weight excluding hydrogens is 516 g/mol. The fourth-order valence-electron chi connectivity index (χ4n) is 3.53.